The summed E-state index contributed by atoms with van der Waals surface area (Å²) in [6, 6.07) is 3.99. The van der Waals surface area contributed by atoms with Crippen molar-refractivity contribution in [1.82, 2.24) is 4.98 Å². The van der Waals surface area contributed by atoms with Gasteiger partial charge < -0.3 is 20.3 Å². The van der Waals surface area contributed by atoms with Crippen LogP contribution in [0.4, 0.5) is 5.82 Å². The Balaban J connectivity index is 3.14. The summed E-state index contributed by atoms with van der Waals surface area (Å²) in [5.74, 6) is -0.570. The molecule has 2 N–H and O–H groups in total. The van der Waals surface area contributed by atoms with Crippen molar-refractivity contribution in [2.24, 2.45) is 0 Å². The third kappa shape index (κ3) is 2.25. The first-order chi connectivity index (χ1) is 7.07. The maximum Gasteiger partial charge on any atom is 0.369 e. The molecule has 0 fully saturated rings. The Bertz CT molecular complexity index is 415. The molecule has 2 atom stereocenters. The van der Waals surface area contributed by atoms with Crippen LogP contribution in [0.1, 0.15) is 11.7 Å². The summed E-state index contributed by atoms with van der Waals surface area (Å²) in [4.78, 5) is 13.2. The number of hydrogen-bond acceptors (Lipinski definition) is 6. The minimum absolute atomic E-state index is 0.184. The van der Waals surface area contributed by atoms with E-state index in [4.69, 9.17) is 10.4 Å². The van der Waals surface area contributed by atoms with Crippen molar-refractivity contribution >= 4 is 5.82 Å². The lowest BCUT2D eigenvalue weighted by atomic mass is 10.1. The van der Waals surface area contributed by atoms with E-state index in [9.17, 15) is 15.2 Å². The second kappa shape index (κ2) is 4.45. The van der Waals surface area contributed by atoms with E-state index < -0.39 is 22.9 Å². The second-order valence-electron chi connectivity index (χ2n) is 2.69. The molecule has 0 spiro atoms. The topological polar surface area (TPSA) is 120 Å². The first kappa shape index (κ1) is 11.0. The summed E-state index contributed by atoms with van der Waals surface area (Å²) in [5.41, 5.74) is -0.184. The van der Waals surface area contributed by atoms with Gasteiger partial charge >= 0.3 is 5.82 Å². The number of nitriles is 1. The van der Waals surface area contributed by atoms with E-state index in [-0.39, 0.29) is 5.56 Å². The van der Waals surface area contributed by atoms with Crippen molar-refractivity contribution in [3.63, 3.8) is 0 Å². The number of aliphatic hydroxyl groups is 2. The number of hydrogen-bond donors (Lipinski definition) is 2. The molecule has 7 nitrogen and oxygen atoms in total. The number of aromatic nitrogens is 1. The van der Waals surface area contributed by atoms with Gasteiger partial charge in [-0.05, 0) is 22.0 Å². The molecule has 78 valence electrons. The number of nitro groups is 1. The SMILES string of the molecule is N#CC(O)C(O)c1cccnc1[N+](=O)[O-]. The molecule has 0 saturated carbocycles. The molecule has 2 unspecified atom stereocenters. The normalized spacial score (nSPS) is 13.9. The van der Waals surface area contributed by atoms with Crippen molar-refractivity contribution in [3.05, 3.63) is 34.0 Å². The second-order valence-corrected chi connectivity index (χ2v) is 2.69. The monoisotopic (exact) mass is 209 g/mol. The fraction of sp³-hybridized carbons (Fsp3) is 0.250. The molecule has 1 heterocycles. The predicted molar refractivity (Wildman–Crippen MR) is 47.5 cm³/mol. The summed E-state index contributed by atoms with van der Waals surface area (Å²) in [7, 11) is 0. The first-order valence-electron chi connectivity index (χ1n) is 3.93. The minimum atomic E-state index is -1.71. The summed E-state index contributed by atoms with van der Waals surface area (Å²) in [5, 5.41) is 37.3. The van der Waals surface area contributed by atoms with Crippen LogP contribution in [-0.4, -0.2) is 26.2 Å². The molecule has 0 aliphatic rings. The Hall–Kier alpha value is -2.04. The molecular formula is C8H7N3O4. The fourth-order valence-electron chi connectivity index (χ4n) is 1.03. The zero-order chi connectivity index (χ0) is 11.4. The molecule has 15 heavy (non-hydrogen) atoms. The van der Waals surface area contributed by atoms with Crippen LogP contribution in [0.2, 0.25) is 0 Å². The average Bonchev–Trinajstić information content (AvgIpc) is 2.27. The zero-order valence-electron chi connectivity index (χ0n) is 7.44. The van der Waals surface area contributed by atoms with Gasteiger partial charge in [-0.1, -0.05) is 0 Å². The molecule has 0 saturated heterocycles. The van der Waals surface area contributed by atoms with E-state index in [0.717, 1.165) is 0 Å². The van der Waals surface area contributed by atoms with Crippen LogP contribution in [0, 0.1) is 21.4 Å². The molecule has 1 aromatic heterocycles. The fourth-order valence-corrected chi connectivity index (χ4v) is 1.03. The summed E-state index contributed by atoms with van der Waals surface area (Å²) in [6.07, 6.45) is -2.16. The van der Waals surface area contributed by atoms with Crippen molar-refractivity contribution in [3.8, 4) is 6.07 Å². The minimum Gasteiger partial charge on any atom is -0.384 e. The van der Waals surface area contributed by atoms with Gasteiger partial charge in [0.25, 0.3) is 0 Å². The van der Waals surface area contributed by atoms with Crippen molar-refractivity contribution in [1.29, 1.82) is 5.26 Å². The van der Waals surface area contributed by atoms with E-state index in [2.05, 4.69) is 4.98 Å². The molecule has 0 radical (unpaired) electrons. The van der Waals surface area contributed by atoms with Crippen LogP contribution in [0.5, 0.6) is 0 Å². The Morgan fingerprint density at radius 1 is 1.60 bits per heavy atom. The Labute approximate surface area is 84.4 Å². The summed E-state index contributed by atoms with van der Waals surface area (Å²) >= 11 is 0. The highest BCUT2D eigenvalue weighted by Crippen LogP contribution is 2.24. The molecule has 0 amide bonds. The Kier molecular flexibility index (Phi) is 3.28. The third-order valence-electron chi connectivity index (χ3n) is 1.74. The lowest BCUT2D eigenvalue weighted by Crippen LogP contribution is -2.17. The zero-order valence-corrected chi connectivity index (χ0v) is 7.44. The number of nitrogens with zero attached hydrogens (tertiary/aromatic N) is 3. The van der Waals surface area contributed by atoms with Crippen LogP contribution in [0.15, 0.2) is 18.3 Å². The number of rotatable bonds is 3. The summed E-state index contributed by atoms with van der Waals surface area (Å²) < 4.78 is 0. The molecule has 1 aromatic rings. The van der Waals surface area contributed by atoms with Gasteiger partial charge in [0.05, 0.1) is 11.6 Å². The predicted octanol–water partition coefficient (Wildman–Crippen LogP) is -0.0923. The van der Waals surface area contributed by atoms with Crippen LogP contribution in [0.25, 0.3) is 0 Å². The number of aliphatic hydroxyl groups excluding tert-OH is 2. The number of pyridine rings is 1. The van der Waals surface area contributed by atoms with Gasteiger partial charge in [0.1, 0.15) is 12.3 Å². The highest BCUT2D eigenvalue weighted by Gasteiger charge is 2.26. The van der Waals surface area contributed by atoms with Crippen molar-refractivity contribution < 1.29 is 15.1 Å². The van der Waals surface area contributed by atoms with E-state index in [1.807, 2.05) is 0 Å². The Morgan fingerprint density at radius 3 is 2.80 bits per heavy atom. The molecule has 0 aromatic carbocycles. The van der Waals surface area contributed by atoms with E-state index in [0.29, 0.717) is 0 Å². The summed E-state index contributed by atoms with van der Waals surface area (Å²) in [6.45, 7) is 0. The van der Waals surface area contributed by atoms with Gasteiger partial charge in [-0.2, -0.15) is 5.26 Å². The third-order valence-corrected chi connectivity index (χ3v) is 1.74. The highest BCUT2D eigenvalue weighted by molar-refractivity contribution is 5.35. The smallest absolute Gasteiger partial charge is 0.369 e. The van der Waals surface area contributed by atoms with Gasteiger partial charge in [0, 0.05) is 0 Å². The van der Waals surface area contributed by atoms with Gasteiger partial charge in [0.2, 0.25) is 0 Å². The van der Waals surface area contributed by atoms with Crippen LogP contribution in [-0.2, 0) is 0 Å². The van der Waals surface area contributed by atoms with Gasteiger partial charge in [0.15, 0.2) is 6.10 Å². The lowest BCUT2D eigenvalue weighted by Gasteiger charge is -2.10. The Morgan fingerprint density at radius 2 is 2.27 bits per heavy atom. The van der Waals surface area contributed by atoms with E-state index in [1.165, 1.54) is 24.4 Å². The molecule has 1 rings (SSSR count). The molecular weight excluding hydrogens is 202 g/mol. The maximum absolute atomic E-state index is 10.5. The standard InChI is InChI=1S/C8H7N3O4/c9-4-6(12)7(13)5-2-1-3-10-8(5)11(14)15/h1-3,6-7,12-13H. The molecule has 7 heteroatoms. The maximum atomic E-state index is 10.5. The van der Waals surface area contributed by atoms with E-state index >= 15 is 0 Å². The van der Waals surface area contributed by atoms with Crippen LogP contribution in [0.3, 0.4) is 0 Å². The van der Waals surface area contributed by atoms with E-state index in [1.54, 1.807) is 0 Å². The quantitative estimate of drug-likeness (QED) is 0.407. The van der Waals surface area contributed by atoms with Gasteiger partial charge in [-0.25, -0.2) is 0 Å². The first-order valence-corrected chi connectivity index (χ1v) is 3.93. The molecule has 0 bridgehead atoms. The largest absolute Gasteiger partial charge is 0.384 e. The van der Waals surface area contributed by atoms with Crippen LogP contribution < -0.4 is 0 Å². The average molecular weight is 209 g/mol. The molecule has 0 aliphatic heterocycles. The van der Waals surface area contributed by atoms with Crippen LogP contribution >= 0.6 is 0 Å². The lowest BCUT2D eigenvalue weighted by molar-refractivity contribution is -0.391. The van der Waals surface area contributed by atoms with Gasteiger partial charge in [-0.15, -0.1) is 0 Å². The van der Waals surface area contributed by atoms with Crippen molar-refractivity contribution in [2.45, 2.75) is 12.2 Å². The molecule has 0 aliphatic carbocycles. The van der Waals surface area contributed by atoms with Crippen molar-refractivity contribution in [2.75, 3.05) is 0 Å². The highest BCUT2D eigenvalue weighted by atomic mass is 16.6. The van der Waals surface area contributed by atoms with Gasteiger partial charge in [-0.3, -0.25) is 0 Å².